The zero-order valence-electron chi connectivity index (χ0n) is 11.7. The van der Waals surface area contributed by atoms with Gasteiger partial charge in [0.1, 0.15) is 0 Å². The molecule has 0 bridgehead atoms. The zero-order chi connectivity index (χ0) is 15.0. The molecule has 20 heavy (non-hydrogen) atoms. The Hall–Kier alpha value is -1.69. The van der Waals surface area contributed by atoms with Crippen LogP contribution in [-0.2, 0) is 11.2 Å². The van der Waals surface area contributed by atoms with Crippen molar-refractivity contribution in [1.29, 1.82) is 0 Å². The Balaban J connectivity index is 2.51. The maximum absolute atomic E-state index is 11.8. The van der Waals surface area contributed by atoms with Gasteiger partial charge in [0.25, 0.3) is 0 Å². The van der Waals surface area contributed by atoms with Crippen molar-refractivity contribution in [3.05, 3.63) is 29.8 Å². The molecule has 2 amide bonds. The molecule has 0 aliphatic carbocycles. The molecule has 0 saturated heterocycles. The molecule has 3 N–H and O–H groups in total. The van der Waals surface area contributed by atoms with E-state index in [-0.39, 0.29) is 18.5 Å². The number of nitrogens with one attached hydrogen (secondary N) is 2. The topological polar surface area (TPSA) is 78.4 Å². The number of urea groups is 1. The van der Waals surface area contributed by atoms with E-state index in [9.17, 15) is 9.59 Å². The quantitative estimate of drug-likeness (QED) is 0.722. The van der Waals surface area contributed by atoms with Crippen LogP contribution < -0.4 is 10.6 Å². The number of thioether (sulfide) groups is 1. The van der Waals surface area contributed by atoms with E-state index < -0.39 is 5.97 Å². The predicted octanol–water partition coefficient (Wildman–Crippen LogP) is 2.58. The van der Waals surface area contributed by atoms with Crippen LogP contribution >= 0.6 is 11.8 Å². The third-order valence-corrected chi connectivity index (χ3v) is 3.63. The average Bonchev–Trinajstić information content (AvgIpc) is 2.35. The van der Waals surface area contributed by atoms with Gasteiger partial charge in [-0.3, -0.25) is 4.79 Å². The third-order valence-electron chi connectivity index (χ3n) is 2.49. The molecule has 0 aliphatic heterocycles. The summed E-state index contributed by atoms with van der Waals surface area (Å²) >= 11 is 1.77. The molecule has 0 spiro atoms. The number of carbonyl (C=O) groups excluding carboxylic acids is 1. The van der Waals surface area contributed by atoms with Gasteiger partial charge in [-0.05, 0) is 30.4 Å². The summed E-state index contributed by atoms with van der Waals surface area (Å²) in [7, 11) is 0. The second-order valence-electron chi connectivity index (χ2n) is 4.43. The normalized spacial score (nSPS) is 11.7. The van der Waals surface area contributed by atoms with Gasteiger partial charge in [-0.2, -0.15) is 11.8 Å². The molecule has 0 radical (unpaired) electrons. The molecule has 0 heterocycles. The van der Waals surface area contributed by atoms with Crippen molar-refractivity contribution in [1.82, 2.24) is 5.32 Å². The molecule has 1 aromatic carbocycles. The number of carboxylic acid groups (broad SMARTS) is 1. The van der Waals surface area contributed by atoms with E-state index in [1.54, 1.807) is 36.0 Å². The van der Waals surface area contributed by atoms with Crippen LogP contribution in [0, 0.1) is 0 Å². The van der Waals surface area contributed by atoms with Crippen LogP contribution in [-0.4, -0.2) is 34.7 Å². The van der Waals surface area contributed by atoms with Crippen LogP contribution in [0.4, 0.5) is 10.5 Å². The van der Waals surface area contributed by atoms with E-state index in [2.05, 4.69) is 17.6 Å². The lowest BCUT2D eigenvalue weighted by Crippen LogP contribution is -2.37. The van der Waals surface area contributed by atoms with E-state index in [0.29, 0.717) is 11.3 Å². The molecule has 6 heteroatoms. The molecule has 1 unspecified atom stereocenters. The smallest absolute Gasteiger partial charge is 0.319 e. The fourth-order valence-corrected chi connectivity index (χ4v) is 2.33. The van der Waals surface area contributed by atoms with E-state index in [1.165, 1.54) is 0 Å². The fourth-order valence-electron chi connectivity index (χ4n) is 1.66. The summed E-state index contributed by atoms with van der Waals surface area (Å²) in [6.45, 7) is 4.02. The molecule has 110 valence electrons. The molecule has 1 aromatic rings. The number of rotatable bonds is 7. The maximum atomic E-state index is 11.8. The van der Waals surface area contributed by atoms with Gasteiger partial charge in [-0.25, -0.2) is 4.79 Å². The first kappa shape index (κ1) is 16.4. The van der Waals surface area contributed by atoms with Gasteiger partial charge in [0.05, 0.1) is 6.42 Å². The Labute approximate surface area is 123 Å². The van der Waals surface area contributed by atoms with Gasteiger partial charge in [0.15, 0.2) is 0 Å². The van der Waals surface area contributed by atoms with E-state index in [1.807, 2.05) is 6.92 Å². The van der Waals surface area contributed by atoms with E-state index >= 15 is 0 Å². The molecule has 0 saturated carbocycles. The highest BCUT2D eigenvalue weighted by Gasteiger charge is 2.08. The summed E-state index contributed by atoms with van der Waals surface area (Å²) in [5.41, 5.74) is 1.25. The lowest BCUT2D eigenvalue weighted by Gasteiger charge is -2.14. The molecule has 1 atom stereocenters. The van der Waals surface area contributed by atoms with E-state index in [0.717, 1.165) is 11.5 Å². The number of amides is 2. The largest absolute Gasteiger partial charge is 0.481 e. The highest BCUT2D eigenvalue weighted by Crippen LogP contribution is 2.11. The number of carbonyl (C=O) groups is 2. The molecule has 5 nitrogen and oxygen atoms in total. The summed E-state index contributed by atoms with van der Waals surface area (Å²) in [6.07, 6.45) is -0.0549. The third kappa shape index (κ3) is 6.47. The Kier molecular flexibility index (Phi) is 6.93. The van der Waals surface area contributed by atoms with Gasteiger partial charge in [0, 0.05) is 17.5 Å². The van der Waals surface area contributed by atoms with Crippen molar-refractivity contribution in [3.63, 3.8) is 0 Å². The minimum Gasteiger partial charge on any atom is -0.481 e. The van der Waals surface area contributed by atoms with Crippen LogP contribution in [0.2, 0.25) is 0 Å². The summed E-state index contributed by atoms with van der Waals surface area (Å²) in [5, 5.41) is 14.3. The van der Waals surface area contributed by atoms with Crippen LogP contribution in [0.1, 0.15) is 19.4 Å². The van der Waals surface area contributed by atoms with Crippen LogP contribution in [0.3, 0.4) is 0 Å². The number of carboxylic acids is 1. The summed E-state index contributed by atoms with van der Waals surface area (Å²) in [4.78, 5) is 22.4. The number of hydrogen-bond acceptors (Lipinski definition) is 3. The number of benzene rings is 1. The first-order chi connectivity index (χ1) is 9.51. The average molecular weight is 296 g/mol. The fraction of sp³-hybridized carbons (Fsp3) is 0.429. The van der Waals surface area contributed by atoms with Crippen molar-refractivity contribution >= 4 is 29.4 Å². The SMILES string of the molecule is CCSCC(C)NC(=O)Nc1cccc(CC(=O)O)c1. The standard InChI is InChI=1S/C14H20N2O3S/c1-3-20-9-10(2)15-14(19)16-12-6-4-5-11(7-12)8-13(17)18/h4-7,10H,3,8-9H2,1-2H3,(H,17,18)(H2,15,16,19). The lowest BCUT2D eigenvalue weighted by atomic mass is 10.1. The van der Waals surface area contributed by atoms with Crippen molar-refractivity contribution < 1.29 is 14.7 Å². The van der Waals surface area contributed by atoms with E-state index in [4.69, 9.17) is 5.11 Å². The Morgan fingerprint density at radius 1 is 1.40 bits per heavy atom. The minimum atomic E-state index is -0.892. The first-order valence-electron chi connectivity index (χ1n) is 6.47. The van der Waals surface area contributed by atoms with Gasteiger partial charge >= 0.3 is 12.0 Å². The Bertz CT molecular complexity index is 465. The van der Waals surface area contributed by atoms with Crippen molar-refractivity contribution in [2.75, 3.05) is 16.8 Å². The summed E-state index contributed by atoms with van der Waals surface area (Å²) in [5.74, 6) is 0.991. The zero-order valence-corrected chi connectivity index (χ0v) is 12.5. The molecular formula is C14H20N2O3S. The molecule has 1 rings (SSSR count). The van der Waals surface area contributed by atoms with Crippen LogP contribution in [0.5, 0.6) is 0 Å². The van der Waals surface area contributed by atoms with Crippen molar-refractivity contribution in [3.8, 4) is 0 Å². The van der Waals surface area contributed by atoms with Crippen LogP contribution in [0.15, 0.2) is 24.3 Å². The van der Waals surface area contributed by atoms with Gasteiger partial charge in [-0.15, -0.1) is 0 Å². The first-order valence-corrected chi connectivity index (χ1v) is 7.62. The van der Waals surface area contributed by atoms with Gasteiger partial charge < -0.3 is 15.7 Å². The monoisotopic (exact) mass is 296 g/mol. The molecular weight excluding hydrogens is 276 g/mol. The molecule has 0 fully saturated rings. The molecule has 0 aromatic heterocycles. The summed E-state index contributed by atoms with van der Waals surface area (Å²) < 4.78 is 0. The van der Waals surface area contributed by atoms with Crippen molar-refractivity contribution in [2.45, 2.75) is 26.3 Å². The van der Waals surface area contributed by atoms with Gasteiger partial charge in [-0.1, -0.05) is 19.1 Å². The second-order valence-corrected chi connectivity index (χ2v) is 5.75. The molecule has 0 aliphatic rings. The second kappa shape index (κ2) is 8.47. The van der Waals surface area contributed by atoms with Crippen LogP contribution in [0.25, 0.3) is 0 Å². The van der Waals surface area contributed by atoms with Gasteiger partial charge in [0.2, 0.25) is 0 Å². The predicted molar refractivity (Wildman–Crippen MR) is 82.4 cm³/mol. The van der Waals surface area contributed by atoms with Crippen molar-refractivity contribution in [2.24, 2.45) is 0 Å². The number of anilines is 1. The number of aliphatic carboxylic acids is 1. The highest BCUT2D eigenvalue weighted by molar-refractivity contribution is 7.99. The Morgan fingerprint density at radius 2 is 2.15 bits per heavy atom. The summed E-state index contributed by atoms with van der Waals surface area (Å²) in [6, 6.07) is 6.65. The Morgan fingerprint density at radius 3 is 2.80 bits per heavy atom. The number of hydrogen-bond donors (Lipinski definition) is 3. The minimum absolute atomic E-state index is 0.0549. The highest BCUT2D eigenvalue weighted by atomic mass is 32.2. The lowest BCUT2D eigenvalue weighted by molar-refractivity contribution is -0.136. The maximum Gasteiger partial charge on any atom is 0.319 e.